The molecular weight excluding hydrogens is 320 g/mol. The van der Waals surface area contributed by atoms with Crippen molar-refractivity contribution in [2.45, 2.75) is 38.6 Å². The number of alkyl carbamates (subject to hydrolysis) is 1. The largest absolute Gasteiger partial charge is 0.496 e. The Morgan fingerprint density at radius 2 is 2.00 bits per heavy atom. The lowest BCUT2D eigenvalue weighted by Crippen LogP contribution is -2.38. The molecule has 0 saturated heterocycles. The van der Waals surface area contributed by atoms with Gasteiger partial charge in [0, 0.05) is 18.2 Å². The topological polar surface area (TPSA) is 131 Å². The van der Waals surface area contributed by atoms with Crippen molar-refractivity contribution < 1.29 is 29.4 Å². The molecule has 1 aromatic carbocycles. The van der Waals surface area contributed by atoms with Crippen LogP contribution in [0.3, 0.4) is 0 Å². The summed E-state index contributed by atoms with van der Waals surface area (Å²) in [5.41, 5.74) is -0.722. The van der Waals surface area contributed by atoms with Crippen LogP contribution in [0.4, 0.5) is 10.5 Å². The van der Waals surface area contributed by atoms with Crippen LogP contribution >= 0.6 is 0 Å². The van der Waals surface area contributed by atoms with Crippen molar-refractivity contribution in [3.05, 3.63) is 33.9 Å². The molecular formula is C15H22N2O7. The van der Waals surface area contributed by atoms with Crippen LogP contribution in [0.1, 0.15) is 32.4 Å². The highest BCUT2D eigenvalue weighted by Gasteiger charge is 2.25. The van der Waals surface area contributed by atoms with E-state index < -0.39 is 28.8 Å². The summed E-state index contributed by atoms with van der Waals surface area (Å²) in [6, 6.07) is 3.62. The van der Waals surface area contributed by atoms with Crippen molar-refractivity contribution in [3.8, 4) is 5.75 Å². The first-order valence-electron chi connectivity index (χ1n) is 7.20. The first-order chi connectivity index (χ1) is 11.0. The van der Waals surface area contributed by atoms with Gasteiger partial charge in [-0.3, -0.25) is 10.1 Å². The van der Waals surface area contributed by atoms with Gasteiger partial charge in [-0.05, 0) is 26.8 Å². The average molecular weight is 342 g/mol. The number of aliphatic hydroxyl groups excluding tert-OH is 2. The van der Waals surface area contributed by atoms with Gasteiger partial charge in [0.2, 0.25) is 0 Å². The zero-order valence-corrected chi connectivity index (χ0v) is 14.0. The highest BCUT2D eigenvalue weighted by atomic mass is 16.6. The molecule has 0 aliphatic heterocycles. The van der Waals surface area contributed by atoms with Gasteiger partial charge in [0.25, 0.3) is 5.69 Å². The molecule has 0 saturated carbocycles. The van der Waals surface area contributed by atoms with Crippen molar-refractivity contribution >= 4 is 11.8 Å². The number of benzene rings is 1. The van der Waals surface area contributed by atoms with E-state index in [0.717, 1.165) is 6.07 Å². The van der Waals surface area contributed by atoms with E-state index in [-0.39, 0.29) is 23.5 Å². The van der Waals surface area contributed by atoms with E-state index in [1.54, 1.807) is 20.8 Å². The zero-order valence-electron chi connectivity index (χ0n) is 14.0. The normalized spacial score (nSPS) is 13.8. The van der Waals surface area contributed by atoms with Crippen LogP contribution in [0.5, 0.6) is 5.75 Å². The molecule has 0 radical (unpaired) electrons. The Morgan fingerprint density at radius 1 is 1.38 bits per heavy atom. The summed E-state index contributed by atoms with van der Waals surface area (Å²) in [7, 11) is 1.29. The molecule has 0 spiro atoms. The molecule has 0 bridgehead atoms. The van der Waals surface area contributed by atoms with Crippen molar-refractivity contribution in [3.63, 3.8) is 0 Å². The third-order valence-corrected chi connectivity index (χ3v) is 2.97. The molecule has 1 aromatic rings. The molecule has 2 atom stereocenters. The SMILES string of the molecule is COc1cc([N+](=O)[O-])ccc1C(O)C(O)CNC(=O)OC(C)(C)C. The Kier molecular flexibility index (Phi) is 6.50. The van der Waals surface area contributed by atoms with E-state index in [1.165, 1.54) is 19.2 Å². The second-order valence-corrected chi connectivity index (χ2v) is 6.08. The lowest BCUT2D eigenvalue weighted by Gasteiger charge is -2.23. The molecule has 3 N–H and O–H groups in total. The van der Waals surface area contributed by atoms with Crippen molar-refractivity contribution in [1.82, 2.24) is 5.32 Å². The van der Waals surface area contributed by atoms with Crippen LogP contribution in [0.2, 0.25) is 0 Å². The Hall–Kier alpha value is -2.39. The lowest BCUT2D eigenvalue weighted by molar-refractivity contribution is -0.385. The first kappa shape index (κ1) is 19.7. The number of aliphatic hydroxyl groups is 2. The fourth-order valence-corrected chi connectivity index (χ4v) is 1.88. The highest BCUT2D eigenvalue weighted by molar-refractivity contribution is 5.67. The number of non-ortho nitro benzene ring substituents is 1. The second-order valence-electron chi connectivity index (χ2n) is 6.08. The third kappa shape index (κ3) is 5.67. The number of hydrogen-bond acceptors (Lipinski definition) is 7. The lowest BCUT2D eigenvalue weighted by atomic mass is 10.0. The number of nitro groups is 1. The minimum atomic E-state index is -1.41. The van der Waals surface area contributed by atoms with E-state index >= 15 is 0 Å². The van der Waals surface area contributed by atoms with Crippen molar-refractivity contribution in [2.24, 2.45) is 0 Å². The van der Waals surface area contributed by atoms with E-state index in [2.05, 4.69) is 5.32 Å². The fourth-order valence-electron chi connectivity index (χ4n) is 1.88. The predicted molar refractivity (Wildman–Crippen MR) is 84.9 cm³/mol. The van der Waals surface area contributed by atoms with E-state index in [9.17, 15) is 25.1 Å². The number of nitrogens with zero attached hydrogens (tertiary/aromatic N) is 1. The van der Waals surface area contributed by atoms with Gasteiger partial charge in [-0.15, -0.1) is 0 Å². The molecule has 0 heterocycles. The molecule has 0 aromatic heterocycles. The number of nitro benzene ring substituents is 1. The van der Waals surface area contributed by atoms with Crippen LogP contribution in [-0.4, -0.2) is 46.6 Å². The smallest absolute Gasteiger partial charge is 0.407 e. The van der Waals surface area contributed by atoms with Gasteiger partial charge in [-0.1, -0.05) is 0 Å². The van der Waals surface area contributed by atoms with Crippen LogP contribution in [0.25, 0.3) is 0 Å². The van der Waals surface area contributed by atoms with Crippen molar-refractivity contribution in [2.75, 3.05) is 13.7 Å². The number of ether oxygens (including phenoxy) is 2. The maximum Gasteiger partial charge on any atom is 0.407 e. The summed E-state index contributed by atoms with van der Waals surface area (Å²) in [6.45, 7) is 4.81. The second kappa shape index (κ2) is 7.93. The first-order valence-corrected chi connectivity index (χ1v) is 7.20. The standard InChI is InChI=1S/C15H22N2O7/c1-15(2,3)24-14(20)16-8-11(18)13(19)10-6-5-9(17(21)22)7-12(10)23-4/h5-7,11,13,18-19H,8H2,1-4H3,(H,16,20). The van der Waals surface area contributed by atoms with E-state index in [0.29, 0.717) is 0 Å². The summed E-state index contributed by atoms with van der Waals surface area (Å²) in [5, 5.41) is 33.3. The Balaban J connectivity index is 2.77. The predicted octanol–water partition coefficient (Wildman–Crippen LogP) is 1.52. The number of rotatable bonds is 6. The average Bonchev–Trinajstić information content (AvgIpc) is 2.49. The molecule has 0 aliphatic carbocycles. The number of carbonyl (C=O) groups is 1. The molecule has 9 nitrogen and oxygen atoms in total. The van der Waals surface area contributed by atoms with Crippen LogP contribution in [0, 0.1) is 10.1 Å². The molecule has 24 heavy (non-hydrogen) atoms. The summed E-state index contributed by atoms with van der Waals surface area (Å²) in [6.07, 6.45) is -3.49. The molecule has 1 amide bonds. The molecule has 2 unspecified atom stereocenters. The Bertz CT molecular complexity index is 598. The minimum Gasteiger partial charge on any atom is -0.496 e. The monoisotopic (exact) mass is 342 g/mol. The number of carbonyl (C=O) groups excluding carboxylic acids is 1. The third-order valence-electron chi connectivity index (χ3n) is 2.97. The van der Waals surface area contributed by atoms with Gasteiger partial charge in [0.1, 0.15) is 23.6 Å². The highest BCUT2D eigenvalue weighted by Crippen LogP contribution is 2.30. The minimum absolute atomic E-state index is 0.0630. The number of methoxy groups -OCH3 is 1. The van der Waals surface area contributed by atoms with E-state index in [4.69, 9.17) is 9.47 Å². The number of hydrogen-bond donors (Lipinski definition) is 3. The molecule has 1 rings (SSSR count). The van der Waals surface area contributed by atoms with Gasteiger partial charge in [-0.2, -0.15) is 0 Å². The molecule has 0 aliphatic rings. The Labute approximate surface area is 139 Å². The van der Waals surface area contributed by atoms with Gasteiger partial charge in [0.15, 0.2) is 0 Å². The summed E-state index contributed by atoms with van der Waals surface area (Å²) < 4.78 is 10.0. The summed E-state index contributed by atoms with van der Waals surface area (Å²) in [4.78, 5) is 21.7. The van der Waals surface area contributed by atoms with Gasteiger partial charge >= 0.3 is 6.09 Å². The maximum absolute atomic E-state index is 11.5. The quantitative estimate of drug-likeness (QED) is 0.527. The fraction of sp³-hybridized carbons (Fsp3) is 0.533. The van der Waals surface area contributed by atoms with Gasteiger partial charge in [0.05, 0.1) is 18.1 Å². The number of amides is 1. The van der Waals surface area contributed by atoms with Crippen LogP contribution in [0.15, 0.2) is 18.2 Å². The van der Waals surface area contributed by atoms with Gasteiger partial charge < -0.3 is 25.0 Å². The van der Waals surface area contributed by atoms with Crippen LogP contribution in [-0.2, 0) is 4.74 Å². The number of nitrogens with one attached hydrogen (secondary N) is 1. The maximum atomic E-state index is 11.5. The van der Waals surface area contributed by atoms with E-state index in [1.807, 2.05) is 0 Å². The van der Waals surface area contributed by atoms with Crippen LogP contribution < -0.4 is 10.1 Å². The Morgan fingerprint density at radius 3 is 2.50 bits per heavy atom. The zero-order chi connectivity index (χ0) is 18.5. The molecule has 0 fully saturated rings. The molecule has 134 valence electrons. The molecule has 9 heteroatoms. The van der Waals surface area contributed by atoms with Crippen molar-refractivity contribution in [1.29, 1.82) is 0 Å². The van der Waals surface area contributed by atoms with Gasteiger partial charge in [-0.25, -0.2) is 4.79 Å². The summed E-state index contributed by atoms with van der Waals surface area (Å²) >= 11 is 0. The summed E-state index contributed by atoms with van der Waals surface area (Å²) in [5.74, 6) is 0.0630.